The van der Waals surface area contributed by atoms with Crippen molar-refractivity contribution in [3.05, 3.63) is 5.82 Å². The first kappa shape index (κ1) is 18.4. The summed E-state index contributed by atoms with van der Waals surface area (Å²) >= 11 is 0. The molecule has 0 N–H and O–H groups in total. The van der Waals surface area contributed by atoms with Crippen molar-refractivity contribution < 1.29 is 14.3 Å². The highest BCUT2D eigenvalue weighted by molar-refractivity contribution is 5.82. The van der Waals surface area contributed by atoms with Crippen molar-refractivity contribution in [3.8, 4) is 0 Å². The van der Waals surface area contributed by atoms with Crippen LogP contribution in [-0.2, 0) is 27.5 Å². The van der Waals surface area contributed by atoms with Gasteiger partial charge in [-0.1, -0.05) is 27.7 Å². The lowest BCUT2D eigenvalue weighted by atomic mass is 9.91. The summed E-state index contributed by atoms with van der Waals surface area (Å²) in [4.78, 5) is 26.3. The van der Waals surface area contributed by atoms with Crippen molar-refractivity contribution in [2.45, 2.75) is 60.1 Å². The molecular weight excluding hydrogens is 310 g/mol. The SMILES string of the molecule is CCCn1nnnc1COC(=O)C1CCN(C(=O)C(C)(C)C)CC1. The first-order valence-electron chi connectivity index (χ1n) is 8.54. The summed E-state index contributed by atoms with van der Waals surface area (Å²) in [6.45, 7) is 9.76. The molecule has 0 aliphatic carbocycles. The van der Waals surface area contributed by atoms with E-state index in [9.17, 15) is 9.59 Å². The number of nitrogens with zero attached hydrogens (tertiary/aromatic N) is 5. The molecule has 1 aliphatic rings. The highest BCUT2D eigenvalue weighted by Gasteiger charge is 2.33. The largest absolute Gasteiger partial charge is 0.457 e. The fraction of sp³-hybridized carbons (Fsp3) is 0.812. The molecule has 0 bridgehead atoms. The summed E-state index contributed by atoms with van der Waals surface area (Å²) in [5.74, 6) is 0.298. The number of likely N-dealkylation sites (tertiary alicyclic amines) is 1. The minimum Gasteiger partial charge on any atom is -0.457 e. The maximum Gasteiger partial charge on any atom is 0.309 e. The number of hydrogen-bond donors (Lipinski definition) is 0. The monoisotopic (exact) mass is 337 g/mol. The molecule has 1 aliphatic heterocycles. The Morgan fingerprint density at radius 3 is 2.50 bits per heavy atom. The van der Waals surface area contributed by atoms with Gasteiger partial charge in [0.15, 0.2) is 12.4 Å². The van der Waals surface area contributed by atoms with E-state index in [1.165, 1.54) is 0 Å². The number of amides is 1. The number of hydrogen-bond acceptors (Lipinski definition) is 6. The number of esters is 1. The second-order valence-corrected chi connectivity index (χ2v) is 7.24. The third kappa shape index (κ3) is 4.52. The Balaban J connectivity index is 1.81. The molecule has 2 rings (SSSR count). The fourth-order valence-electron chi connectivity index (χ4n) is 2.76. The van der Waals surface area contributed by atoms with E-state index in [1.54, 1.807) is 4.68 Å². The van der Waals surface area contributed by atoms with Gasteiger partial charge in [0.1, 0.15) is 0 Å². The van der Waals surface area contributed by atoms with Crippen LogP contribution >= 0.6 is 0 Å². The minimum absolute atomic E-state index is 0.0902. The van der Waals surface area contributed by atoms with E-state index in [1.807, 2.05) is 32.6 Å². The Morgan fingerprint density at radius 2 is 1.92 bits per heavy atom. The Hall–Kier alpha value is -1.99. The molecule has 134 valence electrons. The molecule has 0 unspecified atom stereocenters. The van der Waals surface area contributed by atoms with Crippen LogP contribution in [0.15, 0.2) is 0 Å². The van der Waals surface area contributed by atoms with Crippen LogP contribution in [0.25, 0.3) is 0 Å². The quantitative estimate of drug-likeness (QED) is 0.755. The molecule has 1 amide bonds. The molecule has 8 heteroatoms. The topological polar surface area (TPSA) is 90.2 Å². The van der Waals surface area contributed by atoms with Gasteiger partial charge in [0.2, 0.25) is 5.91 Å². The lowest BCUT2D eigenvalue weighted by Gasteiger charge is -2.34. The molecule has 0 saturated carbocycles. The zero-order chi connectivity index (χ0) is 17.7. The van der Waals surface area contributed by atoms with E-state index in [4.69, 9.17) is 4.74 Å². The highest BCUT2D eigenvalue weighted by atomic mass is 16.5. The standard InChI is InChI=1S/C16H27N5O3/c1-5-8-21-13(17-18-19-21)11-24-14(22)12-6-9-20(10-7-12)15(23)16(2,3)4/h12H,5-11H2,1-4H3. The van der Waals surface area contributed by atoms with E-state index in [0.717, 1.165) is 6.42 Å². The van der Waals surface area contributed by atoms with Gasteiger partial charge in [0.25, 0.3) is 0 Å². The van der Waals surface area contributed by atoms with Crippen LogP contribution in [-0.4, -0.2) is 50.1 Å². The van der Waals surface area contributed by atoms with Crippen molar-refractivity contribution in [3.63, 3.8) is 0 Å². The Bertz CT molecular complexity index is 571. The zero-order valence-corrected chi connectivity index (χ0v) is 15.0. The number of piperidine rings is 1. The molecule has 0 radical (unpaired) electrons. The summed E-state index contributed by atoms with van der Waals surface area (Å²) < 4.78 is 7.02. The summed E-state index contributed by atoms with van der Waals surface area (Å²) in [6.07, 6.45) is 2.19. The van der Waals surface area contributed by atoms with E-state index >= 15 is 0 Å². The zero-order valence-electron chi connectivity index (χ0n) is 15.0. The summed E-state index contributed by atoms with van der Waals surface area (Å²) in [6, 6.07) is 0. The van der Waals surface area contributed by atoms with E-state index in [2.05, 4.69) is 15.5 Å². The Labute approximate surface area is 142 Å². The van der Waals surface area contributed by atoms with Gasteiger partial charge in [0, 0.05) is 25.0 Å². The van der Waals surface area contributed by atoms with Crippen LogP contribution < -0.4 is 0 Å². The highest BCUT2D eigenvalue weighted by Crippen LogP contribution is 2.24. The Morgan fingerprint density at radius 1 is 1.25 bits per heavy atom. The molecule has 0 aromatic carbocycles. The van der Waals surface area contributed by atoms with Crippen LogP contribution in [0.3, 0.4) is 0 Å². The first-order valence-corrected chi connectivity index (χ1v) is 8.54. The van der Waals surface area contributed by atoms with Gasteiger partial charge in [-0.15, -0.1) is 5.10 Å². The molecule has 0 spiro atoms. The fourth-order valence-corrected chi connectivity index (χ4v) is 2.76. The number of tetrazole rings is 1. The lowest BCUT2D eigenvalue weighted by Crippen LogP contribution is -2.45. The van der Waals surface area contributed by atoms with E-state index in [-0.39, 0.29) is 29.8 Å². The number of carbonyl (C=O) groups excluding carboxylic acids is 2. The molecular formula is C16H27N5O3. The normalized spacial score (nSPS) is 16.2. The lowest BCUT2D eigenvalue weighted by molar-refractivity contribution is -0.154. The van der Waals surface area contributed by atoms with Crippen molar-refractivity contribution in [1.82, 2.24) is 25.1 Å². The molecule has 1 fully saturated rings. The van der Waals surface area contributed by atoms with Gasteiger partial charge in [-0.05, 0) is 29.7 Å². The molecule has 24 heavy (non-hydrogen) atoms. The number of aryl methyl sites for hydroxylation is 1. The van der Waals surface area contributed by atoms with E-state index in [0.29, 0.717) is 38.3 Å². The Kier molecular flexibility index (Phi) is 5.90. The molecule has 1 aromatic rings. The van der Waals surface area contributed by atoms with Crippen LogP contribution in [0.2, 0.25) is 0 Å². The van der Waals surface area contributed by atoms with Gasteiger partial charge in [-0.25, -0.2) is 4.68 Å². The van der Waals surface area contributed by atoms with Gasteiger partial charge < -0.3 is 9.64 Å². The third-order valence-electron chi connectivity index (χ3n) is 4.14. The van der Waals surface area contributed by atoms with Crippen LogP contribution in [0.5, 0.6) is 0 Å². The smallest absolute Gasteiger partial charge is 0.309 e. The maximum absolute atomic E-state index is 12.3. The molecule has 1 aromatic heterocycles. The number of carbonyl (C=O) groups is 2. The number of rotatable bonds is 5. The predicted molar refractivity (Wildman–Crippen MR) is 86.7 cm³/mol. The van der Waals surface area contributed by atoms with Gasteiger partial charge in [0.05, 0.1) is 5.92 Å². The van der Waals surface area contributed by atoms with Crippen molar-refractivity contribution in [2.75, 3.05) is 13.1 Å². The maximum atomic E-state index is 12.3. The van der Waals surface area contributed by atoms with Gasteiger partial charge in [-0.3, -0.25) is 9.59 Å². The first-order chi connectivity index (χ1) is 11.3. The van der Waals surface area contributed by atoms with Crippen LogP contribution in [0.1, 0.15) is 52.8 Å². The third-order valence-corrected chi connectivity index (χ3v) is 4.14. The van der Waals surface area contributed by atoms with Crippen LogP contribution in [0.4, 0.5) is 0 Å². The predicted octanol–water partition coefficient (Wildman–Crippen LogP) is 1.41. The van der Waals surface area contributed by atoms with Gasteiger partial charge >= 0.3 is 5.97 Å². The minimum atomic E-state index is -0.385. The average molecular weight is 337 g/mol. The van der Waals surface area contributed by atoms with Crippen molar-refractivity contribution in [2.24, 2.45) is 11.3 Å². The number of aromatic nitrogens is 4. The summed E-state index contributed by atoms with van der Waals surface area (Å²) in [7, 11) is 0. The average Bonchev–Trinajstić information content (AvgIpc) is 2.99. The molecule has 1 saturated heterocycles. The van der Waals surface area contributed by atoms with Crippen molar-refractivity contribution >= 4 is 11.9 Å². The second kappa shape index (κ2) is 7.72. The molecule has 0 atom stereocenters. The van der Waals surface area contributed by atoms with E-state index < -0.39 is 0 Å². The summed E-state index contributed by atoms with van der Waals surface area (Å²) in [5.41, 5.74) is -0.385. The van der Waals surface area contributed by atoms with Crippen molar-refractivity contribution in [1.29, 1.82) is 0 Å². The van der Waals surface area contributed by atoms with Crippen LogP contribution in [0, 0.1) is 11.3 Å². The summed E-state index contributed by atoms with van der Waals surface area (Å²) in [5, 5.41) is 11.4. The second-order valence-electron chi connectivity index (χ2n) is 7.24. The van der Waals surface area contributed by atoms with Gasteiger partial charge in [-0.2, -0.15) is 0 Å². The number of ether oxygens (including phenoxy) is 1. The molecule has 2 heterocycles. The molecule has 8 nitrogen and oxygen atoms in total.